The van der Waals surface area contributed by atoms with Crippen LogP contribution < -0.4 is 0 Å². The molecular formula is C17H20. The van der Waals surface area contributed by atoms with Crippen molar-refractivity contribution < 1.29 is 0 Å². The Morgan fingerprint density at radius 3 is 2.35 bits per heavy atom. The molecule has 0 spiro atoms. The summed E-state index contributed by atoms with van der Waals surface area (Å²) < 4.78 is 0. The van der Waals surface area contributed by atoms with Gasteiger partial charge in [-0.2, -0.15) is 0 Å². The van der Waals surface area contributed by atoms with E-state index < -0.39 is 0 Å². The standard InChI is InChI=1S/C17H20/c1-5-7-14(2)8-6-9-16(4)17-12-10-15(3)11-13-17/h5-13H,2H2,1,3-4H3/b7-5-,8-6-,16-9+. The van der Waals surface area contributed by atoms with Gasteiger partial charge in [-0.25, -0.2) is 0 Å². The summed E-state index contributed by atoms with van der Waals surface area (Å²) in [5.41, 5.74) is 4.82. The molecule has 0 aliphatic heterocycles. The van der Waals surface area contributed by atoms with Crippen LogP contribution in [0.2, 0.25) is 0 Å². The molecule has 0 heterocycles. The number of benzene rings is 1. The Bertz CT molecular complexity index is 453. The Balaban J connectivity index is 2.73. The highest BCUT2D eigenvalue weighted by Gasteiger charge is 1.92. The van der Waals surface area contributed by atoms with Crippen molar-refractivity contribution in [2.75, 3.05) is 0 Å². The molecule has 1 aromatic rings. The first-order valence-corrected chi connectivity index (χ1v) is 5.87. The highest BCUT2D eigenvalue weighted by Crippen LogP contribution is 2.14. The van der Waals surface area contributed by atoms with Crippen LogP contribution in [0.4, 0.5) is 0 Å². The maximum absolute atomic E-state index is 3.92. The van der Waals surface area contributed by atoms with E-state index in [1.807, 2.05) is 31.2 Å². The lowest BCUT2D eigenvalue weighted by Gasteiger charge is -2.00. The zero-order chi connectivity index (χ0) is 12.7. The zero-order valence-electron chi connectivity index (χ0n) is 10.9. The fraction of sp³-hybridized carbons (Fsp3) is 0.176. The summed E-state index contributed by atoms with van der Waals surface area (Å²) >= 11 is 0. The predicted molar refractivity (Wildman–Crippen MR) is 77.9 cm³/mol. The highest BCUT2D eigenvalue weighted by atomic mass is 14.0. The Labute approximate surface area is 105 Å². The number of rotatable bonds is 4. The fourth-order valence-electron chi connectivity index (χ4n) is 1.50. The smallest absolute Gasteiger partial charge is 0.0227 e. The molecule has 0 aliphatic rings. The number of allylic oxidation sites excluding steroid dienone is 7. The van der Waals surface area contributed by atoms with Gasteiger partial charge in [0.25, 0.3) is 0 Å². The van der Waals surface area contributed by atoms with Gasteiger partial charge < -0.3 is 0 Å². The van der Waals surface area contributed by atoms with Gasteiger partial charge in [0, 0.05) is 0 Å². The zero-order valence-corrected chi connectivity index (χ0v) is 10.9. The molecule has 1 rings (SSSR count). The van der Waals surface area contributed by atoms with Gasteiger partial charge in [0.2, 0.25) is 0 Å². The van der Waals surface area contributed by atoms with Gasteiger partial charge in [0.1, 0.15) is 0 Å². The number of aryl methyl sites for hydroxylation is 1. The molecule has 0 amide bonds. The third-order valence-electron chi connectivity index (χ3n) is 2.54. The third-order valence-corrected chi connectivity index (χ3v) is 2.54. The average molecular weight is 224 g/mol. The Morgan fingerprint density at radius 2 is 1.76 bits per heavy atom. The molecule has 0 fully saturated rings. The van der Waals surface area contributed by atoms with Crippen molar-refractivity contribution in [3.05, 3.63) is 77.9 Å². The summed E-state index contributed by atoms with van der Waals surface area (Å²) in [5, 5.41) is 0. The van der Waals surface area contributed by atoms with Gasteiger partial charge in [-0.15, -0.1) is 0 Å². The lowest BCUT2D eigenvalue weighted by Crippen LogP contribution is -1.79. The van der Waals surface area contributed by atoms with Gasteiger partial charge in [-0.05, 0) is 37.5 Å². The predicted octanol–water partition coefficient (Wildman–Crippen LogP) is 5.09. The van der Waals surface area contributed by atoms with Crippen molar-refractivity contribution in [1.29, 1.82) is 0 Å². The van der Waals surface area contributed by atoms with Crippen LogP contribution in [0.5, 0.6) is 0 Å². The van der Waals surface area contributed by atoms with E-state index >= 15 is 0 Å². The lowest BCUT2D eigenvalue weighted by atomic mass is 10.1. The first kappa shape index (κ1) is 13.2. The summed E-state index contributed by atoms with van der Waals surface area (Å²) in [6.07, 6.45) is 10.1. The van der Waals surface area contributed by atoms with Crippen LogP contribution in [-0.2, 0) is 0 Å². The minimum Gasteiger partial charge on any atom is -0.0918 e. The minimum absolute atomic E-state index is 1.01. The molecule has 0 radical (unpaired) electrons. The molecule has 0 saturated heterocycles. The molecule has 0 atom stereocenters. The van der Waals surface area contributed by atoms with Gasteiger partial charge in [-0.3, -0.25) is 0 Å². The van der Waals surface area contributed by atoms with E-state index in [9.17, 15) is 0 Å². The highest BCUT2D eigenvalue weighted by molar-refractivity contribution is 5.65. The van der Waals surface area contributed by atoms with E-state index in [1.54, 1.807) is 0 Å². The quantitative estimate of drug-likeness (QED) is 0.625. The summed E-state index contributed by atoms with van der Waals surface area (Å²) in [6.45, 7) is 10.1. The van der Waals surface area contributed by atoms with E-state index in [-0.39, 0.29) is 0 Å². The average Bonchev–Trinajstić information content (AvgIpc) is 2.30. The second kappa shape index (κ2) is 6.70. The molecule has 0 nitrogen and oxygen atoms in total. The van der Waals surface area contributed by atoms with Crippen molar-refractivity contribution >= 4 is 5.57 Å². The molecule has 0 unspecified atom stereocenters. The Hall–Kier alpha value is -1.82. The summed E-state index contributed by atoms with van der Waals surface area (Å²) in [4.78, 5) is 0. The Morgan fingerprint density at radius 1 is 1.12 bits per heavy atom. The van der Waals surface area contributed by atoms with Crippen molar-refractivity contribution in [1.82, 2.24) is 0 Å². The van der Waals surface area contributed by atoms with Crippen LogP contribution in [0.15, 0.2) is 66.8 Å². The SMILES string of the molecule is C=C(/C=C\C)/C=C\C=C(/C)c1ccc(C)cc1. The molecular weight excluding hydrogens is 204 g/mol. The molecule has 17 heavy (non-hydrogen) atoms. The van der Waals surface area contributed by atoms with Crippen LogP contribution in [0, 0.1) is 6.92 Å². The topological polar surface area (TPSA) is 0 Å². The summed E-state index contributed by atoms with van der Waals surface area (Å²) in [7, 11) is 0. The van der Waals surface area contributed by atoms with Crippen molar-refractivity contribution in [2.45, 2.75) is 20.8 Å². The first-order chi connectivity index (χ1) is 8.13. The van der Waals surface area contributed by atoms with Crippen LogP contribution in [0.1, 0.15) is 25.0 Å². The summed E-state index contributed by atoms with van der Waals surface area (Å²) in [5.74, 6) is 0. The molecule has 88 valence electrons. The van der Waals surface area contributed by atoms with Gasteiger partial charge in [0.15, 0.2) is 0 Å². The third kappa shape index (κ3) is 4.69. The fourth-order valence-corrected chi connectivity index (χ4v) is 1.50. The number of hydrogen-bond acceptors (Lipinski definition) is 0. The molecule has 0 aliphatic carbocycles. The van der Waals surface area contributed by atoms with Gasteiger partial charge in [-0.1, -0.05) is 66.8 Å². The number of hydrogen-bond donors (Lipinski definition) is 0. The molecule has 1 aromatic carbocycles. The molecule has 0 saturated carbocycles. The van der Waals surface area contributed by atoms with Crippen molar-refractivity contribution in [3.63, 3.8) is 0 Å². The van der Waals surface area contributed by atoms with E-state index in [1.165, 1.54) is 16.7 Å². The van der Waals surface area contributed by atoms with E-state index in [0.29, 0.717) is 0 Å². The molecule has 0 heteroatoms. The molecule has 0 N–H and O–H groups in total. The van der Waals surface area contributed by atoms with Crippen LogP contribution >= 0.6 is 0 Å². The van der Waals surface area contributed by atoms with Crippen molar-refractivity contribution in [2.24, 2.45) is 0 Å². The maximum Gasteiger partial charge on any atom is -0.0227 e. The largest absolute Gasteiger partial charge is 0.0918 e. The van der Waals surface area contributed by atoms with Crippen LogP contribution in [-0.4, -0.2) is 0 Å². The lowest BCUT2D eigenvalue weighted by molar-refractivity contribution is 1.44. The molecule has 0 bridgehead atoms. The second-order valence-corrected chi connectivity index (χ2v) is 4.15. The van der Waals surface area contributed by atoms with E-state index in [0.717, 1.165) is 5.57 Å². The second-order valence-electron chi connectivity index (χ2n) is 4.15. The normalized spacial score (nSPS) is 12.5. The van der Waals surface area contributed by atoms with Crippen molar-refractivity contribution in [3.8, 4) is 0 Å². The monoisotopic (exact) mass is 224 g/mol. The minimum atomic E-state index is 1.01. The van der Waals surface area contributed by atoms with Crippen LogP contribution in [0.3, 0.4) is 0 Å². The molecule has 0 aromatic heterocycles. The Kier molecular flexibility index (Phi) is 5.22. The maximum atomic E-state index is 3.92. The van der Waals surface area contributed by atoms with Crippen LogP contribution in [0.25, 0.3) is 5.57 Å². The summed E-state index contributed by atoms with van der Waals surface area (Å²) in [6, 6.07) is 8.57. The van der Waals surface area contributed by atoms with Gasteiger partial charge in [0.05, 0.1) is 0 Å². The van der Waals surface area contributed by atoms with E-state index in [2.05, 4.69) is 50.8 Å². The van der Waals surface area contributed by atoms with E-state index in [4.69, 9.17) is 0 Å². The first-order valence-electron chi connectivity index (χ1n) is 5.87. The van der Waals surface area contributed by atoms with Gasteiger partial charge >= 0.3 is 0 Å².